The van der Waals surface area contributed by atoms with Crippen molar-refractivity contribution >= 4 is 5.91 Å². The Balaban J connectivity index is 3.14. The van der Waals surface area contributed by atoms with Crippen LogP contribution in [0.15, 0.2) is 12.2 Å². The molecule has 1 amide bonds. The Kier molecular flexibility index (Phi) is 3.02. The van der Waals surface area contributed by atoms with Crippen molar-refractivity contribution in [2.24, 2.45) is 5.73 Å². The maximum Gasteiger partial charge on any atom is 0.221 e. The van der Waals surface area contributed by atoms with Crippen molar-refractivity contribution < 1.29 is 4.79 Å². The van der Waals surface area contributed by atoms with Crippen LogP contribution in [0.5, 0.6) is 0 Å². The standard InChI is InChI=1S/C5H9NO/c1-2-3-4-5(6)7/h2-3H,4H2,1H3,(H2,6,7)/b3-2-. The fourth-order valence-electron chi connectivity index (χ4n) is 0.234. The summed E-state index contributed by atoms with van der Waals surface area (Å²) in [5.41, 5.74) is 4.79. The second-order valence-corrected chi connectivity index (χ2v) is 1.24. The van der Waals surface area contributed by atoms with Crippen LogP contribution in [-0.2, 0) is 4.79 Å². The van der Waals surface area contributed by atoms with Gasteiger partial charge in [-0.05, 0) is 6.92 Å². The van der Waals surface area contributed by atoms with Gasteiger partial charge in [0.2, 0.25) is 5.91 Å². The first-order chi connectivity index (χ1) is 3.27. The third kappa shape index (κ3) is 5.21. The molecule has 40 valence electrons. The van der Waals surface area contributed by atoms with E-state index in [2.05, 4.69) is 0 Å². The van der Waals surface area contributed by atoms with Crippen LogP contribution in [0.3, 0.4) is 0 Å². The van der Waals surface area contributed by atoms with E-state index in [9.17, 15) is 4.79 Å². The van der Waals surface area contributed by atoms with Crippen LogP contribution in [0.1, 0.15) is 13.3 Å². The molecule has 0 aromatic heterocycles. The molecule has 0 rings (SSSR count). The van der Waals surface area contributed by atoms with Gasteiger partial charge in [0, 0.05) is 6.42 Å². The molecule has 2 N–H and O–H groups in total. The predicted molar refractivity (Wildman–Crippen MR) is 28.6 cm³/mol. The SMILES string of the molecule is C/C=C\CC(N)=O. The van der Waals surface area contributed by atoms with Gasteiger partial charge in [0.05, 0.1) is 0 Å². The molecule has 0 aromatic carbocycles. The van der Waals surface area contributed by atoms with Crippen LogP contribution in [0, 0.1) is 0 Å². The molecule has 7 heavy (non-hydrogen) atoms. The molecule has 0 saturated carbocycles. The highest BCUT2D eigenvalue weighted by Crippen LogP contribution is 1.76. The molecule has 0 aliphatic heterocycles. The van der Waals surface area contributed by atoms with Gasteiger partial charge in [-0.3, -0.25) is 4.79 Å². The zero-order valence-electron chi connectivity index (χ0n) is 4.35. The van der Waals surface area contributed by atoms with E-state index in [1.807, 2.05) is 6.92 Å². The number of hydrogen-bond donors (Lipinski definition) is 1. The van der Waals surface area contributed by atoms with Crippen molar-refractivity contribution in [3.63, 3.8) is 0 Å². The molecule has 2 heteroatoms. The molecule has 0 fully saturated rings. The van der Waals surface area contributed by atoms with Gasteiger partial charge in [0.25, 0.3) is 0 Å². The van der Waals surface area contributed by atoms with Crippen LogP contribution in [0.4, 0.5) is 0 Å². The monoisotopic (exact) mass is 99.1 g/mol. The minimum absolute atomic E-state index is 0.280. The summed E-state index contributed by atoms with van der Waals surface area (Å²) in [4.78, 5) is 9.93. The van der Waals surface area contributed by atoms with Crippen LogP contribution < -0.4 is 5.73 Å². The number of rotatable bonds is 2. The molecule has 0 aliphatic rings. The van der Waals surface area contributed by atoms with Crippen LogP contribution in [0.2, 0.25) is 0 Å². The third-order valence-corrected chi connectivity index (χ3v) is 0.555. The second-order valence-electron chi connectivity index (χ2n) is 1.24. The Bertz CT molecular complexity index is 86.1. The summed E-state index contributed by atoms with van der Waals surface area (Å²) in [6.45, 7) is 1.85. The summed E-state index contributed by atoms with van der Waals surface area (Å²) in [5, 5.41) is 0. The topological polar surface area (TPSA) is 43.1 Å². The van der Waals surface area contributed by atoms with Crippen LogP contribution >= 0.6 is 0 Å². The Morgan fingerprint density at radius 1 is 1.86 bits per heavy atom. The number of hydrogen-bond acceptors (Lipinski definition) is 1. The largest absolute Gasteiger partial charge is 0.369 e. The van der Waals surface area contributed by atoms with Gasteiger partial charge in [-0.1, -0.05) is 12.2 Å². The van der Waals surface area contributed by atoms with Gasteiger partial charge >= 0.3 is 0 Å². The van der Waals surface area contributed by atoms with E-state index in [1.54, 1.807) is 12.2 Å². The summed E-state index contributed by atoms with van der Waals surface area (Å²) >= 11 is 0. The molecule has 0 aromatic rings. The lowest BCUT2D eigenvalue weighted by atomic mass is 10.4. The van der Waals surface area contributed by atoms with E-state index < -0.39 is 0 Å². The Morgan fingerprint density at radius 2 is 2.43 bits per heavy atom. The third-order valence-electron chi connectivity index (χ3n) is 0.555. The molecular weight excluding hydrogens is 90.1 g/mol. The number of primary amides is 1. The second kappa shape index (κ2) is 3.40. The smallest absolute Gasteiger partial charge is 0.221 e. The number of carbonyl (C=O) groups excluding carboxylic acids is 1. The minimum atomic E-state index is -0.280. The molecule has 0 saturated heterocycles. The first-order valence-electron chi connectivity index (χ1n) is 2.17. The summed E-state index contributed by atoms with van der Waals surface area (Å²) in [7, 11) is 0. The number of allylic oxidation sites excluding steroid dienone is 1. The van der Waals surface area contributed by atoms with E-state index in [1.165, 1.54) is 0 Å². The highest BCUT2D eigenvalue weighted by Gasteiger charge is 1.82. The molecule has 0 radical (unpaired) electrons. The lowest BCUT2D eigenvalue weighted by Crippen LogP contribution is -2.07. The normalized spacial score (nSPS) is 9.86. The first-order valence-corrected chi connectivity index (χ1v) is 2.17. The Hall–Kier alpha value is -0.790. The number of amides is 1. The van der Waals surface area contributed by atoms with Gasteiger partial charge in [0.15, 0.2) is 0 Å². The Morgan fingerprint density at radius 3 is 2.57 bits per heavy atom. The van der Waals surface area contributed by atoms with Crippen LogP contribution in [-0.4, -0.2) is 5.91 Å². The molecule has 0 bridgehead atoms. The average molecular weight is 99.1 g/mol. The van der Waals surface area contributed by atoms with Crippen molar-refractivity contribution in [2.75, 3.05) is 0 Å². The molecule has 2 nitrogen and oxygen atoms in total. The quantitative estimate of drug-likeness (QED) is 0.501. The summed E-state index contributed by atoms with van der Waals surface area (Å²) < 4.78 is 0. The van der Waals surface area contributed by atoms with Crippen molar-refractivity contribution in [1.82, 2.24) is 0 Å². The Labute approximate surface area is 43.0 Å². The fraction of sp³-hybridized carbons (Fsp3) is 0.400. The molecule has 0 heterocycles. The van der Waals surface area contributed by atoms with Gasteiger partial charge in [-0.15, -0.1) is 0 Å². The minimum Gasteiger partial charge on any atom is -0.369 e. The predicted octanol–water partition coefficient (Wildman–Crippen LogP) is 0.438. The number of nitrogens with two attached hydrogens (primary N) is 1. The first kappa shape index (κ1) is 6.21. The molecular formula is C5H9NO. The van der Waals surface area contributed by atoms with E-state index in [4.69, 9.17) is 5.73 Å². The van der Waals surface area contributed by atoms with Crippen LogP contribution in [0.25, 0.3) is 0 Å². The van der Waals surface area contributed by atoms with Crippen molar-refractivity contribution in [1.29, 1.82) is 0 Å². The van der Waals surface area contributed by atoms with Gasteiger partial charge < -0.3 is 5.73 Å². The maximum absolute atomic E-state index is 9.93. The van der Waals surface area contributed by atoms with Gasteiger partial charge in [-0.2, -0.15) is 0 Å². The van der Waals surface area contributed by atoms with Gasteiger partial charge in [-0.25, -0.2) is 0 Å². The molecule has 0 atom stereocenters. The summed E-state index contributed by atoms with van der Waals surface area (Å²) in [5.74, 6) is -0.280. The molecule has 0 spiro atoms. The fourth-order valence-corrected chi connectivity index (χ4v) is 0.234. The highest BCUT2D eigenvalue weighted by molar-refractivity contribution is 5.75. The van der Waals surface area contributed by atoms with E-state index in [0.717, 1.165) is 0 Å². The molecule has 0 unspecified atom stereocenters. The van der Waals surface area contributed by atoms with Crippen molar-refractivity contribution in [3.8, 4) is 0 Å². The van der Waals surface area contributed by atoms with E-state index in [0.29, 0.717) is 6.42 Å². The molecule has 0 aliphatic carbocycles. The van der Waals surface area contributed by atoms with Crippen molar-refractivity contribution in [3.05, 3.63) is 12.2 Å². The highest BCUT2D eigenvalue weighted by atomic mass is 16.1. The van der Waals surface area contributed by atoms with Crippen molar-refractivity contribution in [2.45, 2.75) is 13.3 Å². The number of carbonyl (C=O) groups is 1. The summed E-state index contributed by atoms with van der Waals surface area (Å²) in [6.07, 6.45) is 3.88. The van der Waals surface area contributed by atoms with E-state index in [-0.39, 0.29) is 5.91 Å². The maximum atomic E-state index is 9.93. The van der Waals surface area contributed by atoms with Gasteiger partial charge in [0.1, 0.15) is 0 Å². The zero-order valence-corrected chi connectivity index (χ0v) is 4.35. The lowest BCUT2D eigenvalue weighted by molar-refractivity contribution is -0.117. The average Bonchev–Trinajstić information content (AvgIpc) is 1.61. The zero-order chi connectivity index (χ0) is 5.70. The van der Waals surface area contributed by atoms with E-state index >= 15 is 0 Å². The summed E-state index contributed by atoms with van der Waals surface area (Å²) in [6, 6.07) is 0. The lowest BCUT2D eigenvalue weighted by Gasteiger charge is -1.78.